The van der Waals surface area contributed by atoms with Gasteiger partial charge >= 0.3 is 0 Å². The van der Waals surface area contributed by atoms with E-state index in [9.17, 15) is 0 Å². The first-order valence-electron chi connectivity index (χ1n) is 5.14. The minimum atomic E-state index is 0.876. The molecule has 1 aromatic heterocycles. The summed E-state index contributed by atoms with van der Waals surface area (Å²) in [6.07, 6.45) is 0.919. The Morgan fingerprint density at radius 1 is 1.29 bits per heavy atom. The minimum Gasteiger partial charge on any atom is -0.355 e. The van der Waals surface area contributed by atoms with E-state index in [2.05, 4.69) is 39.2 Å². The standard InChI is InChI=1S/C9H19N5/c1-4-11-9-13-12-8(6-7-10-3)14(9)5-2/h10H,4-7H2,1-3H3,(H,11,13). The summed E-state index contributed by atoms with van der Waals surface area (Å²) in [4.78, 5) is 0. The highest BCUT2D eigenvalue weighted by molar-refractivity contribution is 5.25. The first-order chi connectivity index (χ1) is 6.83. The highest BCUT2D eigenvalue weighted by Crippen LogP contribution is 2.07. The summed E-state index contributed by atoms with van der Waals surface area (Å²) in [6, 6.07) is 0. The summed E-state index contributed by atoms with van der Waals surface area (Å²) in [5, 5.41) is 14.6. The Morgan fingerprint density at radius 3 is 2.64 bits per heavy atom. The average molecular weight is 197 g/mol. The third kappa shape index (κ3) is 2.45. The molecule has 0 saturated carbocycles. The van der Waals surface area contributed by atoms with Crippen molar-refractivity contribution in [3.63, 3.8) is 0 Å². The zero-order chi connectivity index (χ0) is 10.4. The number of anilines is 1. The molecule has 0 bridgehead atoms. The fourth-order valence-electron chi connectivity index (χ4n) is 1.38. The van der Waals surface area contributed by atoms with Crippen LogP contribution >= 0.6 is 0 Å². The fourth-order valence-corrected chi connectivity index (χ4v) is 1.38. The number of likely N-dealkylation sites (N-methyl/N-ethyl adjacent to an activating group) is 1. The highest BCUT2D eigenvalue weighted by atomic mass is 15.3. The predicted octanol–water partition coefficient (Wildman–Crippen LogP) is 0.492. The molecule has 1 heterocycles. The van der Waals surface area contributed by atoms with Gasteiger partial charge in [0.1, 0.15) is 5.82 Å². The van der Waals surface area contributed by atoms with Crippen molar-refractivity contribution >= 4 is 5.95 Å². The van der Waals surface area contributed by atoms with E-state index in [0.29, 0.717) is 0 Å². The molecule has 0 aliphatic rings. The lowest BCUT2D eigenvalue weighted by Crippen LogP contribution is -2.15. The maximum atomic E-state index is 4.15. The van der Waals surface area contributed by atoms with E-state index < -0.39 is 0 Å². The Bertz CT molecular complexity index is 268. The molecular weight excluding hydrogens is 178 g/mol. The molecule has 0 fully saturated rings. The van der Waals surface area contributed by atoms with Gasteiger partial charge in [0.05, 0.1) is 0 Å². The Hall–Kier alpha value is -1.10. The molecule has 0 saturated heterocycles. The van der Waals surface area contributed by atoms with Crippen molar-refractivity contribution in [3.8, 4) is 0 Å². The molecule has 5 heteroatoms. The van der Waals surface area contributed by atoms with Gasteiger partial charge in [-0.05, 0) is 20.9 Å². The lowest BCUT2D eigenvalue weighted by atomic mass is 10.4. The third-order valence-corrected chi connectivity index (χ3v) is 2.08. The van der Waals surface area contributed by atoms with Crippen molar-refractivity contribution in [2.24, 2.45) is 0 Å². The molecule has 0 atom stereocenters. The second-order valence-electron chi connectivity index (χ2n) is 3.07. The van der Waals surface area contributed by atoms with Crippen LogP contribution in [0.15, 0.2) is 0 Å². The first kappa shape index (κ1) is 11.0. The summed E-state index contributed by atoms with van der Waals surface area (Å²) in [7, 11) is 1.94. The molecule has 0 aromatic carbocycles. The molecule has 80 valence electrons. The minimum absolute atomic E-state index is 0.876. The first-order valence-corrected chi connectivity index (χ1v) is 5.14. The zero-order valence-electron chi connectivity index (χ0n) is 9.17. The lowest BCUT2D eigenvalue weighted by Gasteiger charge is -2.07. The molecule has 1 aromatic rings. The molecule has 1 rings (SSSR count). The Kier molecular flexibility index (Phi) is 4.39. The van der Waals surface area contributed by atoms with E-state index in [0.717, 1.165) is 37.8 Å². The van der Waals surface area contributed by atoms with E-state index in [-0.39, 0.29) is 0 Å². The monoisotopic (exact) mass is 197 g/mol. The van der Waals surface area contributed by atoms with Crippen LogP contribution in [0.25, 0.3) is 0 Å². The van der Waals surface area contributed by atoms with Gasteiger partial charge in [0.2, 0.25) is 5.95 Å². The van der Waals surface area contributed by atoms with Crippen LogP contribution in [0, 0.1) is 0 Å². The van der Waals surface area contributed by atoms with Crippen LogP contribution in [0.1, 0.15) is 19.7 Å². The second kappa shape index (κ2) is 5.59. The van der Waals surface area contributed by atoms with Crippen molar-refractivity contribution in [1.29, 1.82) is 0 Å². The van der Waals surface area contributed by atoms with Crippen LogP contribution in [0.4, 0.5) is 5.95 Å². The fraction of sp³-hybridized carbons (Fsp3) is 0.778. The van der Waals surface area contributed by atoms with Crippen LogP contribution in [0.3, 0.4) is 0 Å². The van der Waals surface area contributed by atoms with Gasteiger partial charge in [-0.15, -0.1) is 10.2 Å². The van der Waals surface area contributed by atoms with Gasteiger partial charge in [-0.25, -0.2) is 0 Å². The smallest absolute Gasteiger partial charge is 0.224 e. The van der Waals surface area contributed by atoms with Crippen molar-refractivity contribution in [2.75, 3.05) is 25.5 Å². The summed E-state index contributed by atoms with van der Waals surface area (Å²) in [5.41, 5.74) is 0. The van der Waals surface area contributed by atoms with Crippen molar-refractivity contribution in [2.45, 2.75) is 26.8 Å². The predicted molar refractivity (Wildman–Crippen MR) is 57.5 cm³/mol. The van der Waals surface area contributed by atoms with Crippen molar-refractivity contribution in [3.05, 3.63) is 5.82 Å². The van der Waals surface area contributed by atoms with Crippen LogP contribution in [0.5, 0.6) is 0 Å². The topological polar surface area (TPSA) is 54.8 Å². The molecule has 5 nitrogen and oxygen atoms in total. The second-order valence-corrected chi connectivity index (χ2v) is 3.07. The molecule has 0 unspecified atom stereocenters. The zero-order valence-corrected chi connectivity index (χ0v) is 9.17. The maximum Gasteiger partial charge on any atom is 0.224 e. The molecule has 0 aliphatic carbocycles. The van der Waals surface area contributed by atoms with Crippen LogP contribution < -0.4 is 10.6 Å². The highest BCUT2D eigenvalue weighted by Gasteiger charge is 2.08. The van der Waals surface area contributed by atoms with Crippen LogP contribution in [-0.2, 0) is 13.0 Å². The Labute approximate surface area is 84.9 Å². The molecule has 14 heavy (non-hydrogen) atoms. The van der Waals surface area contributed by atoms with E-state index in [1.54, 1.807) is 0 Å². The number of hydrogen-bond acceptors (Lipinski definition) is 4. The quantitative estimate of drug-likeness (QED) is 0.697. The van der Waals surface area contributed by atoms with Crippen molar-refractivity contribution < 1.29 is 0 Å². The molecule has 0 spiro atoms. The molecule has 0 aliphatic heterocycles. The SMILES string of the molecule is CCNc1nnc(CCNC)n1CC. The molecule has 2 N–H and O–H groups in total. The van der Waals surface area contributed by atoms with E-state index in [1.165, 1.54) is 0 Å². The van der Waals surface area contributed by atoms with Gasteiger partial charge in [-0.1, -0.05) is 0 Å². The normalized spacial score (nSPS) is 10.5. The van der Waals surface area contributed by atoms with Gasteiger partial charge in [-0.2, -0.15) is 0 Å². The number of hydrogen-bond donors (Lipinski definition) is 2. The van der Waals surface area contributed by atoms with Gasteiger partial charge in [0, 0.05) is 26.1 Å². The van der Waals surface area contributed by atoms with E-state index in [1.807, 2.05) is 7.05 Å². The Morgan fingerprint density at radius 2 is 2.07 bits per heavy atom. The number of nitrogens with zero attached hydrogens (tertiary/aromatic N) is 3. The van der Waals surface area contributed by atoms with E-state index in [4.69, 9.17) is 0 Å². The largest absolute Gasteiger partial charge is 0.355 e. The summed E-state index contributed by atoms with van der Waals surface area (Å²) in [5.74, 6) is 1.92. The summed E-state index contributed by atoms with van der Waals surface area (Å²) in [6.45, 7) is 6.89. The van der Waals surface area contributed by atoms with Crippen LogP contribution in [-0.4, -0.2) is 34.9 Å². The van der Waals surface area contributed by atoms with Crippen LogP contribution in [0.2, 0.25) is 0 Å². The number of nitrogens with one attached hydrogen (secondary N) is 2. The number of rotatable bonds is 6. The Balaban J connectivity index is 2.73. The maximum absolute atomic E-state index is 4.15. The van der Waals surface area contributed by atoms with Gasteiger partial charge < -0.3 is 10.6 Å². The molecule has 0 radical (unpaired) electrons. The van der Waals surface area contributed by atoms with Gasteiger partial charge in [0.15, 0.2) is 0 Å². The molecule has 0 amide bonds. The summed E-state index contributed by atoms with van der Waals surface area (Å²) < 4.78 is 2.11. The number of aromatic nitrogens is 3. The summed E-state index contributed by atoms with van der Waals surface area (Å²) >= 11 is 0. The van der Waals surface area contributed by atoms with E-state index >= 15 is 0 Å². The average Bonchev–Trinajstić information content (AvgIpc) is 2.58. The van der Waals surface area contributed by atoms with Gasteiger partial charge in [0.25, 0.3) is 0 Å². The third-order valence-electron chi connectivity index (χ3n) is 2.08. The lowest BCUT2D eigenvalue weighted by molar-refractivity contribution is 0.670. The van der Waals surface area contributed by atoms with Crippen molar-refractivity contribution in [1.82, 2.24) is 20.1 Å². The van der Waals surface area contributed by atoms with Gasteiger partial charge in [-0.3, -0.25) is 4.57 Å². The molecular formula is C9H19N5.